The summed E-state index contributed by atoms with van der Waals surface area (Å²) in [6.45, 7) is 1.99. The predicted octanol–water partition coefficient (Wildman–Crippen LogP) is 2.76. The highest BCUT2D eigenvalue weighted by Gasteiger charge is 2.39. The molecule has 0 unspecified atom stereocenters. The van der Waals surface area contributed by atoms with Crippen LogP contribution in [0.25, 0.3) is 0 Å². The molecule has 3 amide bonds. The molecule has 2 aromatic rings. The number of anilines is 2. The van der Waals surface area contributed by atoms with Crippen LogP contribution in [0.1, 0.15) is 18.9 Å². The Labute approximate surface area is 162 Å². The third kappa shape index (κ3) is 4.72. The molecule has 2 N–H and O–H groups in total. The fourth-order valence-corrected chi connectivity index (χ4v) is 3.26. The summed E-state index contributed by atoms with van der Waals surface area (Å²) in [4.78, 5) is 37.2. The quantitative estimate of drug-likeness (QED) is 0.749. The van der Waals surface area contributed by atoms with Gasteiger partial charge >= 0.3 is 0 Å². The third-order valence-corrected chi connectivity index (χ3v) is 4.52. The largest absolute Gasteiger partial charge is 0.326 e. The molecule has 0 spiro atoms. The molecular weight excluding hydrogens is 366 g/mol. The van der Waals surface area contributed by atoms with Gasteiger partial charge in [0.25, 0.3) is 5.91 Å². The molecule has 0 bridgehead atoms. The minimum Gasteiger partial charge on any atom is -0.326 e. The van der Waals surface area contributed by atoms with E-state index in [0.717, 1.165) is 5.56 Å². The monoisotopic (exact) mass is 385 g/mol. The van der Waals surface area contributed by atoms with Gasteiger partial charge in [-0.2, -0.15) is 0 Å². The fraction of sp³-hybridized carbons (Fsp3) is 0.250. The number of rotatable bonds is 6. The minimum atomic E-state index is -0.535. The normalized spacial score (nSPS) is 16.7. The van der Waals surface area contributed by atoms with Gasteiger partial charge in [0, 0.05) is 17.6 Å². The second-order valence-electron chi connectivity index (χ2n) is 6.39. The van der Waals surface area contributed by atoms with Crippen molar-refractivity contribution >= 4 is 40.7 Å². The molecule has 0 saturated carbocycles. The van der Waals surface area contributed by atoms with E-state index >= 15 is 0 Å². The van der Waals surface area contributed by atoms with Crippen molar-refractivity contribution in [1.29, 1.82) is 0 Å². The summed E-state index contributed by atoms with van der Waals surface area (Å²) in [6.07, 6.45) is 0.839. The molecule has 6 nitrogen and oxygen atoms in total. The number of carbonyl (C=O) groups is 3. The first-order valence-corrected chi connectivity index (χ1v) is 9.04. The lowest BCUT2D eigenvalue weighted by atomic mass is 10.1. The average Bonchev–Trinajstić information content (AvgIpc) is 2.89. The second kappa shape index (κ2) is 8.33. The van der Waals surface area contributed by atoms with Gasteiger partial charge in [-0.3, -0.25) is 14.4 Å². The number of amides is 3. The highest BCUT2D eigenvalue weighted by molar-refractivity contribution is 6.30. The van der Waals surface area contributed by atoms with Crippen molar-refractivity contribution in [3.8, 4) is 0 Å². The van der Waals surface area contributed by atoms with Crippen molar-refractivity contribution in [3.63, 3.8) is 0 Å². The molecule has 1 heterocycles. The van der Waals surface area contributed by atoms with E-state index < -0.39 is 6.04 Å². The number of hydrogen-bond acceptors (Lipinski definition) is 4. The van der Waals surface area contributed by atoms with Crippen LogP contribution in [0.4, 0.5) is 11.4 Å². The molecule has 1 atom stereocenters. The zero-order valence-corrected chi connectivity index (χ0v) is 15.6. The molecule has 1 saturated heterocycles. The topological polar surface area (TPSA) is 78.5 Å². The van der Waals surface area contributed by atoms with Crippen LogP contribution in [0.15, 0.2) is 48.5 Å². The van der Waals surface area contributed by atoms with E-state index in [1.54, 1.807) is 24.3 Å². The van der Waals surface area contributed by atoms with Crippen molar-refractivity contribution < 1.29 is 14.4 Å². The highest BCUT2D eigenvalue weighted by Crippen LogP contribution is 2.24. The van der Waals surface area contributed by atoms with Crippen molar-refractivity contribution in [3.05, 3.63) is 59.1 Å². The van der Waals surface area contributed by atoms with Crippen LogP contribution >= 0.6 is 11.6 Å². The summed E-state index contributed by atoms with van der Waals surface area (Å²) in [5.74, 6) is -0.689. The van der Waals surface area contributed by atoms with Crippen LogP contribution < -0.4 is 15.5 Å². The van der Waals surface area contributed by atoms with Crippen LogP contribution in [0.2, 0.25) is 5.02 Å². The molecule has 0 radical (unpaired) electrons. The summed E-state index contributed by atoms with van der Waals surface area (Å²) in [5.41, 5.74) is 2.18. The van der Waals surface area contributed by atoms with Crippen LogP contribution in [0, 0.1) is 0 Å². The van der Waals surface area contributed by atoms with Gasteiger partial charge in [-0.05, 0) is 54.9 Å². The van der Waals surface area contributed by atoms with E-state index in [-0.39, 0.29) is 24.1 Å². The van der Waals surface area contributed by atoms with Gasteiger partial charge < -0.3 is 10.6 Å². The molecule has 7 heteroatoms. The van der Waals surface area contributed by atoms with E-state index in [1.165, 1.54) is 11.8 Å². The van der Waals surface area contributed by atoms with Crippen LogP contribution in [0.3, 0.4) is 0 Å². The van der Waals surface area contributed by atoms with E-state index in [1.807, 2.05) is 24.3 Å². The SMILES string of the molecule is CC(=O)Nc1ccc(N2C(=O)C[C@H](NCCc3cccc(Cl)c3)C2=O)cc1. The van der Waals surface area contributed by atoms with E-state index in [9.17, 15) is 14.4 Å². The maximum absolute atomic E-state index is 12.6. The Morgan fingerprint density at radius 1 is 1.19 bits per heavy atom. The summed E-state index contributed by atoms with van der Waals surface area (Å²) in [7, 11) is 0. The Bertz CT molecular complexity index is 867. The summed E-state index contributed by atoms with van der Waals surface area (Å²) in [5, 5.41) is 6.48. The molecule has 0 aromatic heterocycles. The number of benzene rings is 2. The maximum Gasteiger partial charge on any atom is 0.251 e. The number of hydrogen-bond donors (Lipinski definition) is 2. The minimum absolute atomic E-state index is 0.127. The lowest BCUT2D eigenvalue weighted by molar-refractivity contribution is -0.121. The van der Waals surface area contributed by atoms with E-state index in [2.05, 4.69) is 10.6 Å². The van der Waals surface area contributed by atoms with Crippen LogP contribution in [-0.2, 0) is 20.8 Å². The standard InChI is InChI=1S/C20H20ClN3O3/c1-13(25)23-16-5-7-17(8-6-16)24-19(26)12-18(20(24)27)22-10-9-14-3-2-4-15(21)11-14/h2-8,11,18,22H,9-10,12H2,1H3,(H,23,25)/t18-/m0/s1. The molecule has 140 valence electrons. The van der Waals surface area contributed by atoms with Crippen molar-refractivity contribution in [1.82, 2.24) is 5.32 Å². The number of nitrogens with one attached hydrogen (secondary N) is 2. The van der Waals surface area contributed by atoms with Crippen molar-refractivity contribution in [2.24, 2.45) is 0 Å². The van der Waals surface area contributed by atoms with Gasteiger partial charge in [-0.25, -0.2) is 4.90 Å². The third-order valence-electron chi connectivity index (χ3n) is 4.29. The summed E-state index contributed by atoms with van der Waals surface area (Å²) >= 11 is 5.97. The average molecular weight is 386 g/mol. The Balaban J connectivity index is 1.60. The van der Waals surface area contributed by atoms with Crippen molar-refractivity contribution in [2.75, 3.05) is 16.8 Å². The van der Waals surface area contributed by atoms with Gasteiger partial charge in [-0.1, -0.05) is 23.7 Å². The number of carbonyl (C=O) groups excluding carboxylic acids is 3. The highest BCUT2D eigenvalue weighted by atomic mass is 35.5. The smallest absolute Gasteiger partial charge is 0.251 e. The first-order valence-electron chi connectivity index (χ1n) is 8.66. The van der Waals surface area contributed by atoms with E-state index in [0.29, 0.717) is 29.4 Å². The number of imide groups is 1. The maximum atomic E-state index is 12.6. The van der Waals surface area contributed by atoms with Gasteiger partial charge in [0.15, 0.2) is 0 Å². The summed E-state index contributed by atoms with van der Waals surface area (Å²) in [6, 6.07) is 13.6. The van der Waals surface area contributed by atoms with Gasteiger partial charge in [0.2, 0.25) is 11.8 Å². The Hall–Kier alpha value is -2.70. The molecule has 1 aliphatic rings. The molecule has 1 aliphatic heterocycles. The molecule has 3 rings (SSSR count). The predicted molar refractivity (Wildman–Crippen MR) is 105 cm³/mol. The lowest BCUT2D eigenvalue weighted by Gasteiger charge is -2.16. The molecule has 2 aromatic carbocycles. The van der Waals surface area contributed by atoms with Crippen molar-refractivity contribution in [2.45, 2.75) is 25.8 Å². The molecule has 0 aliphatic carbocycles. The zero-order chi connectivity index (χ0) is 19.4. The van der Waals surface area contributed by atoms with E-state index in [4.69, 9.17) is 11.6 Å². The van der Waals surface area contributed by atoms with Crippen LogP contribution in [0.5, 0.6) is 0 Å². The Kier molecular flexibility index (Phi) is 5.88. The summed E-state index contributed by atoms with van der Waals surface area (Å²) < 4.78 is 0. The van der Waals surface area contributed by atoms with Gasteiger partial charge in [-0.15, -0.1) is 0 Å². The first-order chi connectivity index (χ1) is 12.9. The molecular formula is C20H20ClN3O3. The van der Waals surface area contributed by atoms with Crippen LogP contribution in [-0.4, -0.2) is 30.3 Å². The number of nitrogens with zero attached hydrogens (tertiary/aromatic N) is 1. The molecule has 27 heavy (non-hydrogen) atoms. The Morgan fingerprint density at radius 3 is 2.59 bits per heavy atom. The van der Waals surface area contributed by atoms with Gasteiger partial charge in [0.1, 0.15) is 0 Å². The Morgan fingerprint density at radius 2 is 1.93 bits per heavy atom. The number of halogens is 1. The zero-order valence-electron chi connectivity index (χ0n) is 14.9. The molecule has 1 fully saturated rings. The lowest BCUT2D eigenvalue weighted by Crippen LogP contribution is -2.39. The fourth-order valence-electron chi connectivity index (χ4n) is 3.04. The second-order valence-corrected chi connectivity index (χ2v) is 6.82. The first kappa shape index (κ1) is 19.1. The van der Waals surface area contributed by atoms with Gasteiger partial charge in [0.05, 0.1) is 18.2 Å².